The van der Waals surface area contributed by atoms with Gasteiger partial charge in [0.25, 0.3) is 0 Å². The molecule has 1 heterocycles. The molecule has 0 fully saturated rings. The van der Waals surface area contributed by atoms with Crippen LogP contribution in [0.4, 0.5) is 8.78 Å². The highest BCUT2D eigenvalue weighted by atomic mass is 19.3. The van der Waals surface area contributed by atoms with Crippen LogP contribution in [0, 0.1) is 0 Å². The largest absolute Gasteiger partial charge is 0.280 e. The molecule has 1 aromatic heterocycles. The zero-order valence-corrected chi connectivity index (χ0v) is 12.6. The van der Waals surface area contributed by atoms with Crippen molar-refractivity contribution < 1.29 is 13.3 Å². The van der Waals surface area contributed by atoms with Gasteiger partial charge in [-0.15, -0.1) is 0 Å². The number of alkyl halides is 2. The van der Waals surface area contributed by atoms with Crippen LogP contribution in [0.25, 0.3) is 10.8 Å². The summed E-state index contributed by atoms with van der Waals surface area (Å²) >= 11 is 0. The highest BCUT2D eigenvalue weighted by molar-refractivity contribution is 6.53. The number of rotatable bonds is 4. The van der Waals surface area contributed by atoms with Gasteiger partial charge in [0, 0.05) is 5.72 Å². The first-order valence-electron chi connectivity index (χ1n) is 7.18. The zero-order valence-electron chi connectivity index (χ0n) is 12.6. The summed E-state index contributed by atoms with van der Waals surface area (Å²) in [7, 11) is 4.56. The molecule has 0 unspecified atom stereocenters. The quantitative estimate of drug-likeness (QED) is 0.515. The second-order valence-corrected chi connectivity index (χ2v) is 5.60. The van der Waals surface area contributed by atoms with Gasteiger partial charge < -0.3 is 0 Å². The Hall–Kier alpha value is -2.17. The van der Waals surface area contributed by atoms with Crippen LogP contribution in [0.3, 0.4) is 0 Å². The molecule has 0 aliphatic rings. The van der Waals surface area contributed by atoms with Crippen molar-refractivity contribution in [3.8, 4) is 0 Å². The van der Waals surface area contributed by atoms with E-state index in [1.807, 2.05) is 36.4 Å². The van der Waals surface area contributed by atoms with E-state index in [2.05, 4.69) is 0 Å². The minimum absolute atomic E-state index is 0.306. The number of aryl methyl sites for hydroxylation is 2. The molecule has 0 saturated carbocycles. The molecule has 0 aliphatic heterocycles. The number of benzene rings is 2. The van der Waals surface area contributed by atoms with Crippen LogP contribution in [0.15, 0.2) is 54.9 Å². The highest BCUT2D eigenvalue weighted by Crippen LogP contribution is 2.25. The monoisotopic (exact) mass is 298 g/mol. The molecule has 3 rings (SSSR count). The maximum absolute atomic E-state index is 14.5. The van der Waals surface area contributed by atoms with Crippen molar-refractivity contribution in [1.82, 2.24) is 4.57 Å². The van der Waals surface area contributed by atoms with Crippen molar-refractivity contribution in [2.75, 3.05) is 0 Å². The van der Waals surface area contributed by atoms with E-state index in [0.29, 0.717) is 11.3 Å². The average Bonchev–Trinajstić information content (AvgIpc) is 2.79. The minimum atomic E-state index is -2.91. The van der Waals surface area contributed by atoms with Gasteiger partial charge in [0.2, 0.25) is 0 Å². The van der Waals surface area contributed by atoms with E-state index < -0.39 is 5.82 Å². The van der Waals surface area contributed by atoms with Gasteiger partial charge in [0.15, 0.2) is 0 Å². The molecule has 0 N–H and O–H groups in total. The Balaban J connectivity index is 1.90. The summed E-state index contributed by atoms with van der Waals surface area (Å²) in [5.74, 6) is -2.91. The van der Waals surface area contributed by atoms with Crippen molar-refractivity contribution in [1.29, 1.82) is 0 Å². The first-order chi connectivity index (χ1) is 10.5. The van der Waals surface area contributed by atoms with Gasteiger partial charge in [-0.25, -0.2) is 0 Å². The smallest absolute Gasteiger partial charge is 0.125 e. The van der Waals surface area contributed by atoms with Crippen molar-refractivity contribution in [2.45, 2.75) is 12.2 Å². The standard InChI is InChI=1S/C17H17BF2N2/c1-21-10-11-22(2)16(21)18-17(19,20)12-14-8-5-7-13-6-3-4-9-15(13)14/h3-11H,12H2,1-2H3. The van der Waals surface area contributed by atoms with Gasteiger partial charge >= 0.3 is 0 Å². The summed E-state index contributed by atoms with van der Waals surface area (Å²) < 4.78 is 32.3. The van der Waals surface area contributed by atoms with Crippen LogP contribution >= 0.6 is 0 Å². The summed E-state index contributed by atoms with van der Waals surface area (Å²) in [5.41, 5.74) is 1.15. The highest BCUT2D eigenvalue weighted by Gasteiger charge is 2.22. The topological polar surface area (TPSA) is 8.81 Å². The molecule has 0 spiro atoms. The van der Waals surface area contributed by atoms with E-state index in [-0.39, 0.29) is 6.42 Å². The molecule has 0 atom stereocenters. The lowest BCUT2D eigenvalue weighted by Gasteiger charge is -2.27. The Morgan fingerprint density at radius 1 is 1.14 bits per heavy atom. The summed E-state index contributed by atoms with van der Waals surface area (Å²) in [6, 6.07) is 13.2. The Labute approximate surface area is 129 Å². The third kappa shape index (κ3) is 2.89. The van der Waals surface area contributed by atoms with Crippen LogP contribution in [0.1, 0.15) is 5.56 Å². The number of hydrogen-bond acceptors (Lipinski definition) is 0. The van der Waals surface area contributed by atoms with Crippen LogP contribution in [0.5, 0.6) is 0 Å². The minimum Gasteiger partial charge on any atom is -0.280 e. The molecular weight excluding hydrogens is 281 g/mol. The Morgan fingerprint density at radius 2 is 1.86 bits per heavy atom. The summed E-state index contributed by atoms with van der Waals surface area (Å²) in [4.78, 5) is 0. The normalized spacial score (nSPS) is 12.0. The number of imidazole rings is 1. The predicted octanol–water partition coefficient (Wildman–Crippen LogP) is 2.17. The average molecular weight is 298 g/mol. The van der Waals surface area contributed by atoms with E-state index >= 15 is 0 Å². The molecule has 2 radical (unpaired) electrons. The number of hydrogen-bond donors (Lipinski definition) is 0. The molecular formula is C17H17BF2N2. The zero-order chi connectivity index (χ0) is 15.7. The lowest BCUT2D eigenvalue weighted by molar-refractivity contribution is -0.653. The van der Waals surface area contributed by atoms with Gasteiger partial charge in [-0.2, -0.15) is 0 Å². The van der Waals surface area contributed by atoms with Gasteiger partial charge in [-0.05, 0) is 22.8 Å². The third-order valence-electron chi connectivity index (χ3n) is 3.88. The number of halogens is 2. The van der Waals surface area contributed by atoms with Crippen molar-refractivity contribution in [3.63, 3.8) is 0 Å². The fraction of sp³-hybridized carbons (Fsp3) is 0.235. The lowest BCUT2D eigenvalue weighted by atomic mass is 9.66. The molecule has 2 nitrogen and oxygen atoms in total. The van der Waals surface area contributed by atoms with Gasteiger partial charge in [0.1, 0.15) is 12.4 Å². The van der Waals surface area contributed by atoms with E-state index in [1.54, 1.807) is 41.7 Å². The molecule has 0 amide bonds. The van der Waals surface area contributed by atoms with Crippen LogP contribution in [0.2, 0.25) is 0 Å². The van der Waals surface area contributed by atoms with E-state index in [0.717, 1.165) is 18.1 Å². The maximum atomic E-state index is 14.5. The van der Waals surface area contributed by atoms with Gasteiger partial charge in [0.05, 0.1) is 19.9 Å². The lowest BCUT2D eigenvalue weighted by Crippen LogP contribution is -2.55. The predicted molar refractivity (Wildman–Crippen MR) is 84.6 cm³/mol. The number of nitrogens with zero attached hydrogens (tertiary/aromatic N) is 2. The van der Waals surface area contributed by atoms with Crippen LogP contribution < -0.4 is 10.3 Å². The Morgan fingerprint density at radius 3 is 2.59 bits per heavy atom. The molecule has 0 saturated heterocycles. The maximum Gasteiger partial charge on any atom is 0.125 e. The molecule has 22 heavy (non-hydrogen) atoms. The SMILES string of the molecule is Cn1cc[n+](C)c1[B-]C(F)(F)Cc1cccc2ccccc12. The van der Waals surface area contributed by atoms with Gasteiger partial charge in [-0.1, -0.05) is 49.7 Å². The molecule has 5 heteroatoms. The number of fused-ring (bicyclic) bond motifs is 1. The van der Waals surface area contributed by atoms with Crippen molar-refractivity contribution >= 4 is 23.8 Å². The fourth-order valence-electron chi connectivity index (χ4n) is 2.75. The molecule has 2 aromatic carbocycles. The van der Waals surface area contributed by atoms with Crippen molar-refractivity contribution in [3.05, 3.63) is 60.4 Å². The first-order valence-corrected chi connectivity index (χ1v) is 7.18. The second-order valence-electron chi connectivity index (χ2n) is 5.60. The van der Waals surface area contributed by atoms with Crippen LogP contribution in [-0.4, -0.2) is 17.7 Å². The third-order valence-corrected chi connectivity index (χ3v) is 3.88. The van der Waals surface area contributed by atoms with Gasteiger partial charge in [-0.3, -0.25) is 17.9 Å². The summed E-state index contributed by atoms with van der Waals surface area (Å²) in [6.07, 6.45) is 3.22. The second kappa shape index (κ2) is 5.56. The fourth-order valence-corrected chi connectivity index (χ4v) is 2.75. The Kier molecular flexibility index (Phi) is 3.73. The molecule has 0 bridgehead atoms. The molecule has 3 aromatic rings. The Bertz CT molecular complexity index is 787. The summed E-state index contributed by atoms with van der Waals surface area (Å²) in [5, 5.41) is 1.87. The van der Waals surface area contributed by atoms with Crippen molar-refractivity contribution in [2.24, 2.45) is 14.1 Å². The number of aromatic nitrogens is 2. The molecule has 112 valence electrons. The van der Waals surface area contributed by atoms with E-state index in [9.17, 15) is 8.78 Å². The summed E-state index contributed by atoms with van der Waals surface area (Å²) in [6.45, 7) is 0. The first kappa shape index (κ1) is 14.8. The van der Waals surface area contributed by atoms with E-state index in [4.69, 9.17) is 0 Å². The molecule has 0 aliphatic carbocycles. The van der Waals surface area contributed by atoms with Crippen LogP contribution in [-0.2, 0) is 20.5 Å². The van der Waals surface area contributed by atoms with E-state index in [1.165, 1.54) is 0 Å².